The first-order chi connectivity index (χ1) is 10.1. The van der Waals surface area contributed by atoms with E-state index in [1.165, 1.54) is 6.07 Å². The van der Waals surface area contributed by atoms with Gasteiger partial charge in [0.1, 0.15) is 11.6 Å². The molecule has 3 aromatic rings. The van der Waals surface area contributed by atoms with Crippen LogP contribution in [0.25, 0.3) is 11.5 Å². The fourth-order valence-corrected chi connectivity index (χ4v) is 2.07. The summed E-state index contributed by atoms with van der Waals surface area (Å²) in [6.45, 7) is 1.90. The van der Waals surface area contributed by atoms with Crippen LogP contribution in [0.15, 0.2) is 47.0 Å². The average molecular weight is 284 g/mol. The predicted molar refractivity (Wildman–Crippen MR) is 75.3 cm³/mol. The molecule has 106 valence electrons. The molecule has 21 heavy (non-hydrogen) atoms. The summed E-state index contributed by atoms with van der Waals surface area (Å²) in [7, 11) is 0. The number of rotatable bonds is 3. The van der Waals surface area contributed by atoms with E-state index in [9.17, 15) is 9.50 Å². The van der Waals surface area contributed by atoms with Crippen molar-refractivity contribution in [2.24, 2.45) is 0 Å². The third-order valence-corrected chi connectivity index (χ3v) is 3.16. The molecule has 0 amide bonds. The number of nitrogens with zero attached hydrogens (tertiary/aromatic N) is 2. The third kappa shape index (κ3) is 2.76. The number of halogens is 1. The number of hydrogen-bond acceptors (Lipinski definition) is 4. The number of benzene rings is 2. The fraction of sp³-hybridized carbons (Fsp3) is 0.125. The van der Waals surface area contributed by atoms with Crippen LogP contribution in [0.3, 0.4) is 0 Å². The molecule has 0 fully saturated rings. The summed E-state index contributed by atoms with van der Waals surface area (Å²) < 4.78 is 18.8. The van der Waals surface area contributed by atoms with Gasteiger partial charge in [-0.3, -0.25) is 0 Å². The van der Waals surface area contributed by atoms with Crippen molar-refractivity contribution in [1.29, 1.82) is 0 Å². The predicted octanol–water partition coefficient (Wildman–Crippen LogP) is 3.48. The molecular weight excluding hydrogens is 271 g/mol. The van der Waals surface area contributed by atoms with Crippen LogP contribution in [0.2, 0.25) is 0 Å². The van der Waals surface area contributed by atoms with Gasteiger partial charge in [-0.2, -0.15) is 4.98 Å². The number of aryl methyl sites for hydroxylation is 1. The van der Waals surface area contributed by atoms with Crippen molar-refractivity contribution >= 4 is 0 Å². The van der Waals surface area contributed by atoms with Crippen LogP contribution < -0.4 is 0 Å². The maximum atomic E-state index is 13.6. The zero-order valence-electron chi connectivity index (χ0n) is 11.4. The molecule has 0 unspecified atom stereocenters. The van der Waals surface area contributed by atoms with Crippen LogP contribution in [0.4, 0.5) is 4.39 Å². The maximum Gasteiger partial charge on any atom is 0.261 e. The van der Waals surface area contributed by atoms with Crippen LogP contribution >= 0.6 is 0 Å². The largest absolute Gasteiger partial charge is 0.507 e. The minimum atomic E-state index is -0.303. The van der Waals surface area contributed by atoms with Crippen LogP contribution in [0.5, 0.6) is 5.75 Å². The van der Waals surface area contributed by atoms with Gasteiger partial charge in [-0.15, -0.1) is 0 Å². The molecular formula is C16H13FN2O2. The Morgan fingerprint density at radius 1 is 1.19 bits per heavy atom. The normalized spacial score (nSPS) is 10.8. The topological polar surface area (TPSA) is 59.2 Å². The maximum absolute atomic E-state index is 13.6. The van der Waals surface area contributed by atoms with Crippen molar-refractivity contribution in [3.63, 3.8) is 0 Å². The zero-order chi connectivity index (χ0) is 14.8. The Morgan fingerprint density at radius 2 is 2.00 bits per heavy atom. The molecule has 5 heteroatoms. The lowest BCUT2D eigenvalue weighted by atomic mass is 10.1. The number of aromatic hydroxyl groups is 1. The summed E-state index contributed by atoms with van der Waals surface area (Å²) in [4.78, 5) is 4.21. The van der Waals surface area contributed by atoms with Crippen molar-refractivity contribution in [3.8, 4) is 17.2 Å². The first kappa shape index (κ1) is 13.3. The Bertz CT molecular complexity index is 783. The van der Waals surface area contributed by atoms with Gasteiger partial charge in [0.2, 0.25) is 0 Å². The van der Waals surface area contributed by atoms with E-state index in [1.807, 2.05) is 6.92 Å². The SMILES string of the molecule is Cc1ccc(O)c(-c2nc(Cc3ccccc3F)no2)c1. The van der Waals surface area contributed by atoms with Gasteiger partial charge in [-0.25, -0.2) is 4.39 Å². The second kappa shape index (κ2) is 5.36. The van der Waals surface area contributed by atoms with Gasteiger partial charge in [0.05, 0.1) is 5.56 Å². The molecule has 1 aromatic heterocycles. The van der Waals surface area contributed by atoms with Gasteiger partial charge in [0.15, 0.2) is 5.82 Å². The molecule has 0 aliphatic rings. The Labute approximate surface area is 120 Å². The Balaban J connectivity index is 1.90. The lowest BCUT2D eigenvalue weighted by molar-refractivity contribution is 0.418. The highest BCUT2D eigenvalue weighted by Gasteiger charge is 2.14. The average Bonchev–Trinajstić information content (AvgIpc) is 2.92. The van der Waals surface area contributed by atoms with Crippen molar-refractivity contribution in [2.75, 3.05) is 0 Å². The van der Waals surface area contributed by atoms with Crippen LogP contribution in [0.1, 0.15) is 17.0 Å². The third-order valence-electron chi connectivity index (χ3n) is 3.16. The minimum Gasteiger partial charge on any atom is -0.507 e. The summed E-state index contributed by atoms with van der Waals surface area (Å²) in [5, 5.41) is 13.7. The standard InChI is InChI=1S/C16H13FN2O2/c1-10-6-7-14(20)12(8-10)16-18-15(19-21-16)9-11-4-2-3-5-13(11)17/h2-8,20H,9H2,1H3. The monoisotopic (exact) mass is 284 g/mol. The lowest BCUT2D eigenvalue weighted by Crippen LogP contribution is -1.94. The van der Waals surface area contributed by atoms with Gasteiger partial charge in [-0.05, 0) is 30.7 Å². The quantitative estimate of drug-likeness (QED) is 0.800. The molecule has 0 bridgehead atoms. The zero-order valence-corrected chi connectivity index (χ0v) is 11.4. The van der Waals surface area contributed by atoms with E-state index in [2.05, 4.69) is 10.1 Å². The molecule has 0 spiro atoms. The molecule has 0 radical (unpaired) electrons. The highest BCUT2D eigenvalue weighted by atomic mass is 19.1. The van der Waals surface area contributed by atoms with Gasteiger partial charge >= 0.3 is 0 Å². The summed E-state index contributed by atoms with van der Waals surface area (Å²) in [5.74, 6) is 0.363. The number of phenolic OH excluding ortho intramolecular Hbond substituents is 1. The van der Waals surface area contributed by atoms with Crippen molar-refractivity contribution in [2.45, 2.75) is 13.3 Å². The van der Waals surface area contributed by atoms with Crippen molar-refractivity contribution in [3.05, 3.63) is 65.2 Å². The molecule has 0 saturated heterocycles. The molecule has 3 rings (SSSR count). The minimum absolute atomic E-state index is 0.0710. The first-order valence-corrected chi connectivity index (χ1v) is 6.49. The van der Waals surface area contributed by atoms with E-state index in [0.717, 1.165) is 5.56 Å². The Morgan fingerprint density at radius 3 is 2.81 bits per heavy atom. The molecule has 0 saturated carbocycles. The summed E-state index contributed by atoms with van der Waals surface area (Å²) in [6, 6.07) is 11.6. The van der Waals surface area contributed by atoms with Gasteiger partial charge in [-0.1, -0.05) is 35.0 Å². The summed E-state index contributed by atoms with van der Waals surface area (Å²) in [6.07, 6.45) is 0.239. The smallest absolute Gasteiger partial charge is 0.261 e. The van der Waals surface area contributed by atoms with Crippen LogP contribution in [-0.2, 0) is 6.42 Å². The number of aromatic nitrogens is 2. The highest BCUT2D eigenvalue weighted by Crippen LogP contribution is 2.28. The van der Waals surface area contributed by atoms with Gasteiger partial charge in [0.25, 0.3) is 5.89 Å². The Hall–Kier alpha value is -2.69. The van der Waals surface area contributed by atoms with Crippen molar-refractivity contribution in [1.82, 2.24) is 10.1 Å². The van der Waals surface area contributed by atoms with E-state index >= 15 is 0 Å². The van der Waals surface area contributed by atoms with Gasteiger partial charge < -0.3 is 9.63 Å². The van der Waals surface area contributed by atoms with E-state index in [4.69, 9.17) is 4.52 Å². The molecule has 0 aliphatic carbocycles. The number of phenols is 1. The fourth-order valence-electron chi connectivity index (χ4n) is 2.07. The van der Waals surface area contributed by atoms with Crippen LogP contribution in [0, 0.1) is 12.7 Å². The summed E-state index contributed by atoms with van der Waals surface area (Å²) in [5.41, 5.74) is 1.94. The van der Waals surface area contributed by atoms with E-state index in [-0.39, 0.29) is 23.9 Å². The first-order valence-electron chi connectivity index (χ1n) is 6.49. The molecule has 4 nitrogen and oxygen atoms in total. The van der Waals surface area contributed by atoms with E-state index in [0.29, 0.717) is 17.0 Å². The molecule has 0 aliphatic heterocycles. The molecule has 1 N–H and O–H groups in total. The second-order valence-electron chi connectivity index (χ2n) is 4.80. The Kier molecular flexibility index (Phi) is 3.39. The molecule has 0 atom stereocenters. The number of hydrogen-bond donors (Lipinski definition) is 1. The van der Waals surface area contributed by atoms with Crippen molar-refractivity contribution < 1.29 is 14.0 Å². The second-order valence-corrected chi connectivity index (χ2v) is 4.80. The molecule has 1 heterocycles. The summed E-state index contributed by atoms with van der Waals surface area (Å²) >= 11 is 0. The lowest BCUT2D eigenvalue weighted by Gasteiger charge is -2.00. The van der Waals surface area contributed by atoms with E-state index < -0.39 is 0 Å². The van der Waals surface area contributed by atoms with Crippen LogP contribution in [-0.4, -0.2) is 15.2 Å². The van der Waals surface area contributed by atoms with E-state index in [1.54, 1.807) is 36.4 Å². The highest BCUT2D eigenvalue weighted by molar-refractivity contribution is 5.63. The van der Waals surface area contributed by atoms with Gasteiger partial charge in [0, 0.05) is 6.42 Å². The molecule has 2 aromatic carbocycles.